The van der Waals surface area contributed by atoms with Crippen molar-refractivity contribution in [3.05, 3.63) is 64.0 Å². The lowest BCUT2D eigenvalue weighted by atomic mass is 10.2. The summed E-state index contributed by atoms with van der Waals surface area (Å²) in [4.78, 5) is 28.1. The van der Waals surface area contributed by atoms with E-state index in [-0.39, 0.29) is 30.2 Å². The summed E-state index contributed by atoms with van der Waals surface area (Å²) in [6.07, 6.45) is -1.47. The third kappa shape index (κ3) is 6.46. The van der Waals surface area contributed by atoms with Gasteiger partial charge in [0.2, 0.25) is 5.91 Å². The summed E-state index contributed by atoms with van der Waals surface area (Å²) in [5.41, 5.74) is -1.11. The molecular formula is C18H15F3N4O3S. The molecule has 1 heterocycles. The molecule has 0 spiro atoms. The first-order valence-corrected chi connectivity index (χ1v) is 9.23. The number of carbonyl (C=O) groups excluding carboxylic acids is 1. The molecule has 2 aromatic rings. The van der Waals surface area contributed by atoms with E-state index in [0.717, 1.165) is 29.5 Å². The van der Waals surface area contributed by atoms with Crippen LogP contribution in [0.25, 0.3) is 0 Å². The van der Waals surface area contributed by atoms with Crippen molar-refractivity contribution in [2.45, 2.75) is 24.0 Å². The van der Waals surface area contributed by atoms with Gasteiger partial charge >= 0.3 is 6.18 Å². The van der Waals surface area contributed by atoms with Gasteiger partial charge in [-0.2, -0.15) is 18.4 Å². The van der Waals surface area contributed by atoms with Gasteiger partial charge in [0.1, 0.15) is 0 Å². The van der Waals surface area contributed by atoms with Crippen LogP contribution in [0.5, 0.6) is 0 Å². The molecule has 11 heteroatoms. The van der Waals surface area contributed by atoms with Crippen LogP contribution < -0.4 is 0 Å². The monoisotopic (exact) mass is 424 g/mol. The van der Waals surface area contributed by atoms with E-state index >= 15 is 0 Å². The summed E-state index contributed by atoms with van der Waals surface area (Å²) < 4.78 is 38.4. The van der Waals surface area contributed by atoms with Crippen LogP contribution in [-0.4, -0.2) is 33.0 Å². The maximum absolute atomic E-state index is 12.8. The number of thioether (sulfide) groups is 1. The van der Waals surface area contributed by atoms with Crippen LogP contribution in [-0.2, 0) is 17.5 Å². The molecule has 2 rings (SSSR count). The van der Waals surface area contributed by atoms with Gasteiger partial charge in [0.15, 0.2) is 0 Å². The Bertz CT molecular complexity index is 917. The smallest absolute Gasteiger partial charge is 0.337 e. The molecule has 0 aliphatic rings. The van der Waals surface area contributed by atoms with Gasteiger partial charge < -0.3 is 4.90 Å². The maximum Gasteiger partial charge on any atom is 0.416 e. The topological polar surface area (TPSA) is 100 Å². The van der Waals surface area contributed by atoms with Gasteiger partial charge in [-0.1, -0.05) is 6.07 Å². The second kappa shape index (κ2) is 9.88. The molecule has 0 N–H and O–H groups in total. The molecule has 0 radical (unpaired) electrons. The van der Waals surface area contributed by atoms with Gasteiger partial charge in [-0.15, -0.1) is 11.8 Å². The minimum absolute atomic E-state index is 0.0436. The minimum Gasteiger partial charge on any atom is -0.337 e. The van der Waals surface area contributed by atoms with E-state index in [4.69, 9.17) is 5.26 Å². The molecule has 0 aliphatic carbocycles. The van der Waals surface area contributed by atoms with Gasteiger partial charge in [0.25, 0.3) is 5.69 Å². The Morgan fingerprint density at radius 3 is 2.69 bits per heavy atom. The summed E-state index contributed by atoms with van der Waals surface area (Å²) in [5, 5.41) is 19.9. The lowest BCUT2D eigenvalue weighted by Crippen LogP contribution is -2.32. The van der Waals surface area contributed by atoms with Gasteiger partial charge in [0.05, 0.1) is 33.6 Å². The summed E-state index contributed by atoms with van der Waals surface area (Å²) >= 11 is 0.776. The summed E-state index contributed by atoms with van der Waals surface area (Å²) in [6, 6.07) is 7.58. The normalized spacial score (nSPS) is 11.0. The zero-order valence-corrected chi connectivity index (χ0v) is 15.7. The highest BCUT2D eigenvalue weighted by Crippen LogP contribution is 2.36. The highest BCUT2D eigenvalue weighted by Gasteiger charge is 2.33. The van der Waals surface area contributed by atoms with E-state index in [9.17, 15) is 28.1 Å². The van der Waals surface area contributed by atoms with Gasteiger partial charge in [-0.3, -0.25) is 19.9 Å². The summed E-state index contributed by atoms with van der Waals surface area (Å²) in [7, 11) is 0. The number of nitro benzene ring substituents is 1. The fourth-order valence-corrected chi connectivity index (χ4v) is 3.29. The van der Waals surface area contributed by atoms with Crippen molar-refractivity contribution >= 4 is 23.4 Å². The Labute approximate surface area is 168 Å². The zero-order valence-electron chi connectivity index (χ0n) is 14.9. The lowest BCUT2D eigenvalue weighted by Gasteiger charge is -2.21. The number of nitro groups is 1. The third-order valence-electron chi connectivity index (χ3n) is 3.78. The van der Waals surface area contributed by atoms with Crippen molar-refractivity contribution in [3.63, 3.8) is 0 Å². The number of aromatic nitrogens is 1. The van der Waals surface area contributed by atoms with E-state index in [1.54, 1.807) is 24.5 Å². The number of halogens is 3. The number of hydrogen-bond donors (Lipinski definition) is 0. The van der Waals surface area contributed by atoms with E-state index < -0.39 is 28.3 Å². The van der Waals surface area contributed by atoms with Crippen LogP contribution in [0.1, 0.15) is 17.5 Å². The molecule has 29 heavy (non-hydrogen) atoms. The molecule has 1 amide bonds. The minimum atomic E-state index is -4.71. The Morgan fingerprint density at radius 1 is 1.34 bits per heavy atom. The molecule has 1 aromatic heterocycles. The van der Waals surface area contributed by atoms with Gasteiger partial charge in [0, 0.05) is 31.5 Å². The SMILES string of the molecule is N#CCCN(Cc1cccnc1)C(=O)CSc1ccc(C(F)(F)F)cc1[N+](=O)[O-]. The third-order valence-corrected chi connectivity index (χ3v) is 4.82. The van der Waals surface area contributed by atoms with Crippen LogP contribution in [0, 0.1) is 21.4 Å². The fraction of sp³-hybridized carbons (Fsp3) is 0.278. The number of amides is 1. The molecule has 0 unspecified atom stereocenters. The Hall–Kier alpha value is -3.13. The molecular weight excluding hydrogens is 409 g/mol. The van der Waals surface area contributed by atoms with Crippen LogP contribution in [0.15, 0.2) is 47.6 Å². The Morgan fingerprint density at radius 2 is 2.10 bits per heavy atom. The number of hydrogen-bond acceptors (Lipinski definition) is 6. The molecule has 0 fully saturated rings. The summed E-state index contributed by atoms with van der Waals surface area (Å²) in [6.45, 7) is 0.351. The summed E-state index contributed by atoms with van der Waals surface area (Å²) in [5.74, 6) is -0.624. The Balaban J connectivity index is 2.14. The van der Waals surface area contributed by atoms with Crippen molar-refractivity contribution in [1.82, 2.24) is 9.88 Å². The average Bonchev–Trinajstić information content (AvgIpc) is 2.69. The lowest BCUT2D eigenvalue weighted by molar-refractivity contribution is -0.388. The quantitative estimate of drug-likeness (QED) is 0.360. The first-order valence-electron chi connectivity index (χ1n) is 8.24. The average molecular weight is 424 g/mol. The van der Waals surface area contributed by atoms with E-state index in [2.05, 4.69) is 4.98 Å². The predicted molar refractivity (Wildman–Crippen MR) is 98.7 cm³/mol. The largest absolute Gasteiger partial charge is 0.416 e. The van der Waals surface area contributed by atoms with Crippen molar-refractivity contribution < 1.29 is 22.9 Å². The van der Waals surface area contributed by atoms with Crippen LogP contribution in [0.2, 0.25) is 0 Å². The number of rotatable bonds is 8. The molecule has 0 atom stereocenters. The number of nitrogens with zero attached hydrogens (tertiary/aromatic N) is 4. The number of benzene rings is 1. The number of pyridine rings is 1. The second-order valence-electron chi connectivity index (χ2n) is 5.81. The first kappa shape index (κ1) is 22.2. The molecule has 0 saturated carbocycles. The van der Waals surface area contributed by atoms with Crippen LogP contribution in [0.4, 0.5) is 18.9 Å². The highest BCUT2D eigenvalue weighted by molar-refractivity contribution is 8.00. The van der Waals surface area contributed by atoms with Gasteiger partial charge in [-0.25, -0.2) is 0 Å². The zero-order chi connectivity index (χ0) is 21.4. The molecule has 0 aliphatic heterocycles. The van der Waals surface area contributed by atoms with Crippen molar-refractivity contribution in [2.24, 2.45) is 0 Å². The number of alkyl halides is 3. The van der Waals surface area contributed by atoms with Gasteiger partial charge in [-0.05, 0) is 23.8 Å². The van der Waals surface area contributed by atoms with Crippen LogP contribution in [0.3, 0.4) is 0 Å². The fourth-order valence-electron chi connectivity index (χ4n) is 2.38. The molecule has 0 bridgehead atoms. The van der Waals surface area contributed by atoms with Crippen LogP contribution >= 0.6 is 11.8 Å². The maximum atomic E-state index is 12.8. The molecule has 1 aromatic carbocycles. The molecule has 152 valence electrons. The number of nitriles is 1. The van der Waals surface area contributed by atoms with Crippen molar-refractivity contribution in [2.75, 3.05) is 12.3 Å². The Kier molecular flexibility index (Phi) is 7.55. The highest BCUT2D eigenvalue weighted by atomic mass is 32.2. The molecule has 7 nitrogen and oxygen atoms in total. The first-order chi connectivity index (χ1) is 13.7. The van der Waals surface area contributed by atoms with E-state index in [0.29, 0.717) is 6.07 Å². The van der Waals surface area contributed by atoms with E-state index in [1.165, 1.54) is 4.90 Å². The molecule has 0 saturated heterocycles. The second-order valence-corrected chi connectivity index (χ2v) is 6.83. The number of carbonyl (C=O) groups is 1. The standard InChI is InChI=1S/C18H15F3N4O3S/c19-18(20,21)14-4-5-16(15(9-14)25(27)28)29-12-17(26)24(8-2-6-22)11-13-3-1-7-23-10-13/h1,3-5,7,9-10H,2,8,11-12H2. The van der Waals surface area contributed by atoms with Crippen molar-refractivity contribution in [3.8, 4) is 6.07 Å². The van der Waals surface area contributed by atoms with E-state index in [1.807, 2.05) is 6.07 Å². The van der Waals surface area contributed by atoms with Crippen molar-refractivity contribution in [1.29, 1.82) is 5.26 Å². The predicted octanol–water partition coefficient (Wildman–Crippen LogP) is 4.04.